The normalized spacial score (nSPS) is 20.2. The summed E-state index contributed by atoms with van der Waals surface area (Å²) in [4.78, 5) is 0. The van der Waals surface area contributed by atoms with Crippen LogP contribution in [0, 0.1) is 11.7 Å². The van der Waals surface area contributed by atoms with E-state index in [1.807, 2.05) is 6.07 Å². The van der Waals surface area contributed by atoms with Gasteiger partial charge >= 0.3 is 0 Å². The molecular formula is C16H24FNO. The Balaban J connectivity index is 1.99. The molecule has 0 aromatic heterocycles. The van der Waals surface area contributed by atoms with Crippen molar-refractivity contribution in [1.82, 2.24) is 0 Å². The first-order valence-corrected chi connectivity index (χ1v) is 7.34. The van der Waals surface area contributed by atoms with E-state index in [-0.39, 0.29) is 11.7 Å². The van der Waals surface area contributed by atoms with Crippen molar-refractivity contribution in [2.24, 2.45) is 11.7 Å². The lowest BCUT2D eigenvalue weighted by Crippen LogP contribution is -2.28. The molecule has 2 rings (SSSR count). The van der Waals surface area contributed by atoms with Gasteiger partial charge in [0, 0.05) is 12.5 Å². The van der Waals surface area contributed by atoms with Crippen LogP contribution in [0.5, 0.6) is 0 Å². The van der Waals surface area contributed by atoms with Gasteiger partial charge in [-0.05, 0) is 30.0 Å². The summed E-state index contributed by atoms with van der Waals surface area (Å²) < 4.78 is 13.3. The summed E-state index contributed by atoms with van der Waals surface area (Å²) in [5, 5.41) is 10.4. The van der Waals surface area contributed by atoms with Crippen LogP contribution in [-0.2, 0) is 0 Å². The molecule has 0 spiro atoms. The van der Waals surface area contributed by atoms with Gasteiger partial charge in [0.15, 0.2) is 0 Å². The van der Waals surface area contributed by atoms with Crippen molar-refractivity contribution in [3.63, 3.8) is 0 Å². The average Bonchev–Trinajstić information content (AvgIpc) is 2.41. The van der Waals surface area contributed by atoms with Gasteiger partial charge in [-0.2, -0.15) is 0 Å². The molecule has 0 amide bonds. The summed E-state index contributed by atoms with van der Waals surface area (Å²) in [7, 11) is 0. The van der Waals surface area contributed by atoms with E-state index in [0.29, 0.717) is 12.5 Å². The maximum Gasteiger partial charge on any atom is 0.123 e. The summed E-state index contributed by atoms with van der Waals surface area (Å²) in [6.07, 6.45) is 6.59. The van der Waals surface area contributed by atoms with Gasteiger partial charge in [-0.1, -0.05) is 44.2 Å². The third-order valence-electron chi connectivity index (χ3n) is 4.29. The first kappa shape index (κ1) is 14.5. The molecule has 2 unspecified atom stereocenters. The lowest BCUT2D eigenvalue weighted by atomic mass is 9.81. The summed E-state index contributed by atoms with van der Waals surface area (Å²) in [6.45, 7) is 0.358. The van der Waals surface area contributed by atoms with E-state index >= 15 is 0 Å². The second kappa shape index (κ2) is 7.01. The molecule has 1 aromatic rings. The molecule has 1 fully saturated rings. The summed E-state index contributed by atoms with van der Waals surface area (Å²) >= 11 is 0. The molecule has 0 bridgehead atoms. The number of aliphatic hydroxyl groups is 1. The Morgan fingerprint density at radius 1 is 1.26 bits per heavy atom. The van der Waals surface area contributed by atoms with Gasteiger partial charge in [-0.3, -0.25) is 0 Å². The number of rotatable bonds is 5. The number of aliphatic hydroxyl groups excluding tert-OH is 1. The third-order valence-corrected chi connectivity index (χ3v) is 4.29. The second-order valence-corrected chi connectivity index (χ2v) is 5.70. The molecule has 0 saturated heterocycles. The number of halogens is 1. The van der Waals surface area contributed by atoms with E-state index in [1.54, 1.807) is 6.07 Å². The van der Waals surface area contributed by atoms with Gasteiger partial charge in [-0.25, -0.2) is 4.39 Å². The lowest BCUT2D eigenvalue weighted by molar-refractivity contribution is 0.106. The SMILES string of the molecule is NCC(c1cccc(F)c1)C(O)CC1CCCCC1. The van der Waals surface area contributed by atoms with Crippen LogP contribution in [0.25, 0.3) is 0 Å². The predicted molar refractivity (Wildman–Crippen MR) is 75.4 cm³/mol. The monoisotopic (exact) mass is 265 g/mol. The number of hydrogen-bond donors (Lipinski definition) is 2. The molecule has 0 heterocycles. The van der Waals surface area contributed by atoms with E-state index in [9.17, 15) is 9.50 Å². The number of benzene rings is 1. The second-order valence-electron chi connectivity index (χ2n) is 5.70. The summed E-state index contributed by atoms with van der Waals surface area (Å²) in [5.41, 5.74) is 6.59. The van der Waals surface area contributed by atoms with Crippen molar-refractivity contribution in [2.75, 3.05) is 6.54 Å². The molecule has 3 heteroatoms. The Labute approximate surface area is 114 Å². The molecule has 2 atom stereocenters. The molecule has 1 aliphatic rings. The smallest absolute Gasteiger partial charge is 0.123 e. The maximum absolute atomic E-state index is 13.3. The first-order valence-electron chi connectivity index (χ1n) is 7.34. The summed E-state index contributed by atoms with van der Waals surface area (Å²) in [6, 6.07) is 6.44. The minimum absolute atomic E-state index is 0.155. The first-order chi connectivity index (χ1) is 9.20. The predicted octanol–water partition coefficient (Wildman–Crippen LogP) is 3.20. The van der Waals surface area contributed by atoms with Crippen molar-refractivity contribution in [3.05, 3.63) is 35.6 Å². The highest BCUT2D eigenvalue weighted by molar-refractivity contribution is 5.22. The van der Waals surface area contributed by atoms with Gasteiger partial charge in [0.25, 0.3) is 0 Å². The van der Waals surface area contributed by atoms with Crippen LogP contribution in [-0.4, -0.2) is 17.8 Å². The van der Waals surface area contributed by atoms with Crippen LogP contribution in [0.1, 0.15) is 50.0 Å². The van der Waals surface area contributed by atoms with Crippen molar-refractivity contribution in [2.45, 2.75) is 50.5 Å². The zero-order valence-electron chi connectivity index (χ0n) is 11.4. The van der Waals surface area contributed by atoms with Crippen molar-refractivity contribution >= 4 is 0 Å². The lowest BCUT2D eigenvalue weighted by Gasteiger charge is -2.28. The minimum atomic E-state index is -0.463. The zero-order valence-corrected chi connectivity index (χ0v) is 11.4. The highest BCUT2D eigenvalue weighted by Gasteiger charge is 2.24. The van der Waals surface area contributed by atoms with E-state index in [1.165, 1.54) is 44.2 Å². The van der Waals surface area contributed by atoms with Gasteiger partial charge in [0.05, 0.1) is 6.10 Å². The average molecular weight is 265 g/mol. The topological polar surface area (TPSA) is 46.2 Å². The molecule has 19 heavy (non-hydrogen) atoms. The van der Waals surface area contributed by atoms with Gasteiger partial charge in [0.2, 0.25) is 0 Å². The molecular weight excluding hydrogens is 241 g/mol. The van der Waals surface area contributed by atoms with Crippen molar-refractivity contribution < 1.29 is 9.50 Å². The molecule has 1 saturated carbocycles. The third kappa shape index (κ3) is 4.02. The van der Waals surface area contributed by atoms with Crippen LogP contribution in [0.15, 0.2) is 24.3 Å². The fourth-order valence-electron chi connectivity index (χ4n) is 3.18. The maximum atomic E-state index is 13.3. The largest absolute Gasteiger partial charge is 0.392 e. The van der Waals surface area contributed by atoms with Crippen LogP contribution in [0.3, 0.4) is 0 Å². The van der Waals surface area contributed by atoms with Crippen molar-refractivity contribution in [1.29, 1.82) is 0 Å². The van der Waals surface area contributed by atoms with E-state index in [4.69, 9.17) is 5.73 Å². The highest BCUT2D eigenvalue weighted by Crippen LogP contribution is 2.31. The van der Waals surface area contributed by atoms with Crippen LogP contribution >= 0.6 is 0 Å². The number of hydrogen-bond acceptors (Lipinski definition) is 2. The molecule has 2 nitrogen and oxygen atoms in total. The Kier molecular flexibility index (Phi) is 5.34. The molecule has 1 aliphatic carbocycles. The van der Waals surface area contributed by atoms with E-state index in [0.717, 1.165) is 12.0 Å². The minimum Gasteiger partial charge on any atom is -0.392 e. The highest BCUT2D eigenvalue weighted by atomic mass is 19.1. The zero-order chi connectivity index (χ0) is 13.7. The Morgan fingerprint density at radius 2 is 2.00 bits per heavy atom. The fourth-order valence-corrected chi connectivity index (χ4v) is 3.18. The Hall–Kier alpha value is -0.930. The van der Waals surface area contributed by atoms with Gasteiger partial charge in [-0.15, -0.1) is 0 Å². The van der Waals surface area contributed by atoms with Crippen LogP contribution in [0.4, 0.5) is 4.39 Å². The van der Waals surface area contributed by atoms with E-state index < -0.39 is 6.10 Å². The number of nitrogens with two attached hydrogens (primary N) is 1. The van der Waals surface area contributed by atoms with Crippen LogP contribution in [0.2, 0.25) is 0 Å². The van der Waals surface area contributed by atoms with Crippen LogP contribution < -0.4 is 5.73 Å². The molecule has 3 N–H and O–H groups in total. The fraction of sp³-hybridized carbons (Fsp3) is 0.625. The molecule has 1 aromatic carbocycles. The standard InChI is InChI=1S/C16H24FNO/c17-14-8-4-7-13(10-14)15(11-18)16(19)9-12-5-2-1-3-6-12/h4,7-8,10,12,15-16,19H,1-3,5-6,9,11,18H2. The van der Waals surface area contributed by atoms with Gasteiger partial charge < -0.3 is 10.8 Å². The Bertz CT molecular complexity index is 390. The molecule has 0 radical (unpaired) electrons. The molecule has 106 valence electrons. The van der Waals surface area contributed by atoms with Crippen molar-refractivity contribution in [3.8, 4) is 0 Å². The Morgan fingerprint density at radius 3 is 2.63 bits per heavy atom. The molecule has 0 aliphatic heterocycles. The summed E-state index contributed by atoms with van der Waals surface area (Å²) in [5.74, 6) is 0.185. The van der Waals surface area contributed by atoms with Gasteiger partial charge in [0.1, 0.15) is 5.82 Å². The quantitative estimate of drug-likeness (QED) is 0.858. The van der Waals surface area contributed by atoms with E-state index in [2.05, 4.69) is 0 Å².